The number of hydrogen-bond donors (Lipinski definition) is 2. The number of ether oxygens (including phenoxy) is 1. The van der Waals surface area contributed by atoms with E-state index in [9.17, 15) is 13.2 Å². The van der Waals surface area contributed by atoms with Gasteiger partial charge in [0.25, 0.3) is 0 Å². The summed E-state index contributed by atoms with van der Waals surface area (Å²) < 4.78 is 30.6. The van der Waals surface area contributed by atoms with Crippen molar-refractivity contribution in [3.8, 4) is 11.8 Å². The minimum atomic E-state index is -3.88. The van der Waals surface area contributed by atoms with Gasteiger partial charge in [0.05, 0.1) is 7.11 Å². The van der Waals surface area contributed by atoms with Crippen LogP contribution in [0.3, 0.4) is 0 Å². The number of aliphatic hydroxyl groups is 1. The summed E-state index contributed by atoms with van der Waals surface area (Å²) in [4.78, 5) is 11.3. The van der Waals surface area contributed by atoms with Crippen LogP contribution in [-0.4, -0.2) is 38.5 Å². The van der Waals surface area contributed by atoms with E-state index < -0.39 is 21.2 Å². The van der Waals surface area contributed by atoms with Crippen LogP contribution in [0.15, 0.2) is 24.3 Å². The zero-order valence-corrected chi connectivity index (χ0v) is 11.9. The molecule has 1 aromatic carbocycles. The first-order valence-corrected chi connectivity index (χ1v) is 7.24. The maximum Gasteiger partial charge on any atom is 0.325 e. The van der Waals surface area contributed by atoms with Crippen molar-refractivity contribution in [1.82, 2.24) is 0 Å². The summed E-state index contributed by atoms with van der Waals surface area (Å²) in [7, 11) is -2.76. The lowest BCUT2D eigenvalue weighted by atomic mass is 10.2. The second-order valence-corrected chi connectivity index (χ2v) is 5.85. The van der Waals surface area contributed by atoms with Crippen LogP contribution in [0.2, 0.25) is 0 Å². The second-order valence-electron chi connectivity index (χ2n) is 3.85. The normalized spacial score (nSPS) is 11.9. The molecule has 6 nitrogen and oxygen atoms in total. The summed E-state index contributed by atoms with van der Waals surface area (Å²) in [5, 5.41) is 7.29. The molecule has 0 saturated carbocycles. The highest BCUT2D eigenvalue weighted by atomic mass is 32.2. The number of carbonyl (C=O) groups excluding carboxylic acids is 1. The molecule has 0 fully saturated rings. The van der Waals surface area contributed by atoms with Crippen molar-refractivity contribution in [3.05, 3.63) is 29.8 Å². The molecule has 7 heteroatoms. The average Bonchev–Trinajstić information content (AvgIpc) is 2.43. The zero-order chi connectivity index (χ0) is 15.2. The van der Waals surface area contributed by atoms with Gasteiger partial charge >= 0.3 is 5.97 Å². The number of rotatable bonds is 4. The Hall–Kier alpha value is -2.04. The molecule has 0 aliphatic heterocycles. The van der Waals surface area contributed by atoms with Gasteiger partial charge in [-0.05, 0) is 25.1 Å². The van der Waals surface area contributed by atoms with Gasteiger partial charge in [0.2, 0.25) is 10.0 Å². The number of hydrogen-bond acceptors (Lipinski definition) is 5. The van der Waals surface area contributed by atoms with Gasteiger partial charge in [-0.15, -0.1) is 0 Å². The minimum Gasteiger partial charge on any atom is -0.468 e. The Kier molecular flexibility index (Phi) is 5.55. The maximum atomic E-state index is 11.9. The standard InChI is InChI=1S/C13H15NO5S/c1-10(13(16)19-2)20(17,18)14-12-7-3-5-11(9-12)6-4-8-15/h3,5,7,9-10,14-15H,8H2,1-2H3. The third-order valence-electron chi connectivity index (χ3n) is 2.43. The SMILES string of the molecule is COC(=O)C(C)S(=O)(=O)Nc1cccc(C#CCO)c1. The summed E-state index contributed by atoms with van der Waals surface area (Å²) in [5.41, 5.74) is 0.829. The lowest BCUT2D eigenvalue weighted by Gasteiger charge is -2.13. The quantitative estimate of drug-likeness (QED) is 0.617. The molecule has 1 rings (SSSR count). The first-order valence-electron chi connectivity index (χ1n) is 5.70. The lowest BCUT2D eigenvalue weighted by molar-refractivity contribution is -0.139. The van der Waals surface area contributed by atoms with E-state index in [2.05, 4.69) is 21.3 Å². The molecule has 0 aliphatic carbocycles. The van der Waals surface area contributed by atoms with E-state index in [4.69, 9.17) is 5.11 Å². The van der Waals surface area contributed by atoms with Gasteiger partial charge < -0.3 is 9.84 Å². The van der Waals surface area contributed by atoms with E-state index in [1.807, 2.05) is 0 Å². The van der Waals surface area contributed by atoms with Crippen LogP contribution >= 0.6 is 0 Å². The minimum absolute atomic E-state index is 0.282. The fourth-order valence-electron chi connectivity index (χ4n) is 1.35. The fraction of sp³-hybridized carbons (Fsp3) is 0.308. The molecular weight excluding hydrogens is 282 g/mol. The Balaban J connectivity index is 2.95. The fourth-order valence-corrected chi connectivity index (χ4v) is 2.33. The van der Waals surface area contributed by atoms with E-state index in [0.717, 1.165) is 7.11 Å². The number of benzene rings is 1. The number of esters is 1. The molecule has 0 aromatic heterocycles. The topological polar surface area (TPSA) is 92.7 Å². The largest absolute Gasteiger partial charge is 0.468 e. The Bertz CT molecular complexity index is 642. The maximum absolute atomic E-state index is 11.9. The number of anilines is 1. The molecule has 0 spiro atoms. The molecule has 0 aliphatic rings. The van der Waals surface area contributed by atoms with Crippen LogP contribution in [0.4, 0.5) is 5.69 Å². The summed E-state index contributed by atoms with van der Waals surface area (Å²) in [6, 6.07) is 6.32. The molecule has 0 amide bonds. The summed E-state index contributed by atoms with van der Waals surface area (Å²) >= 11 is 0. The van der Waals surface area contributed by atoms with Gasteiger partial charge in [0.15, 0.2) is 5.25 Å². The van der Waals surface area contributed by atoms with Gasteiger partial charge in [-0.2, -0.15) is 0 Å². The highest BCUT2D eigenvalue weighted by molar-refractivity contribution is 7.94. The predicted molar refractivity (Wildman–Crippen MR) is 74.4 cm³/mol. The molecular formula is C13H15NO5S. The molecule has 0 heterocycles. The average molecular weight is 297 g/mol. The molecule has 20 heavy (non-hydrogen) atoms. The second kappa shape index (κ2) is 6.93. The predicted octanol–water partition coefficient (Wildman–Crippen LogP) is 0.334. The molecule has 2 N–H and O–H groups in total. The molecule has 108 valence electrons. The highest BCUT2D eigenvalue weighted by Crippen LogP contribution is 2.14. The number of carbonyl (C=O) groups is 1. The third kappa shape index (κ3) is 4.26. The number of sulfonamides is 1. The Morgan fingerprint density at radius 3 is 2.80 bits per heavy atom. The van der Waals surface area contributed by atoms with Crippen molar-refractivity contribution in [1.29, 1.82) is 0 Å². The van der Waals surface area contributed by atoms with E-state index in [1.54, 1.807) is 12.1 Å². The summed E-state index contributed by atoms with van der Waals surface area (Å²) in [6.07, 6.45) is 0. The Morgan fingerprint density at radius 1 is 1.50 bits per heavy atom. The van der Waals surface area contributed by atoms with E-state index in [1.165, 1.54) is 19.1 Å². The van der Waals surface area contributed by atoms with Crippen molar-refractivity contribution in [2.45, 2.75) is 12.2 Å². The first kappa shape index (κ1) is 16.0. The molecule has 1 atom stereocenters. The van der Waals surface area contributed by atoms with Crippen molar-refractivity contribution < 1.29 is 23.1 Å². The molecule has 0 saturated heterocycles. The van der Waals surface area contributed by atoms with E-state index >= 15 is 0 Å². The molecule has 1 unspecified atom stereocenters. The van der Waals surface area contributed by atoms with Crippen molar-refractivity contribution in [2.75, 3.05) is 18.4 Å². The van der Waals surface area contributed by atoms with Crippen LogP contribution in [0.25, 0.3) is 0 Å². The zero-order valence-electron chi connectivity index (χ0n) is 11.1. The monoisotopic (exact) mass is 297 g/mol. The van der Waals surface area contributed by atoms with E-state index in [0.29, 0.717) is 5.56 Å². The first-order chi connectivity index (χ1) is 9.40. The van der Waals surface area contributed by atoms with Crippen molar-refractivity contribution in [3.63, 3.8) is 0 Å². The van der Waals surface area contributed by atoms with Gasteiger partial charge in [-0.1, -0.05) is 17.9 Å². The molecule has 0 radical (unpaired) electrons. The lowest BCUT2D eigenvalue weighted by Crippen LogP contribution is -2.33. The molecule has 0 bridgehead atoms. The van der Waals surface area contributed by atoms with E-state index in [-0.39, 0.29) is 12.3 Å². The van der Waals surface area contributed by atoms with Crippen molar-refractivity contribution >= 4 is 21.7 Å². The number of nitrogens with one attached hydrogen (secondary N) is 1. The van der Waals surface area contributed by atoms with Crippen LogP contribution < -0.4 is 4.72 Å². The highest BCUT2D eigenvalue weighted by Gasteiger charge is 2.28. The Morgan fingerprint density at radius 2 is 2.20 bits per heavy atom. The number of methoxy groups -OCH3 is 1. The number of aliphatic hydroxyl groups excluding tert-OH is 1. The molecule has 1 aromatic rings. The Labute approximate surface area is 117 Å². The van der Waals surface area contributed by atoms with Gasteiger partial charge in [0.1, 0.15) is 6.61 Å². The summed E-state index contributed by atoms with van der Waals surface area (Å²) in [6.45, 7) is 0.957. The van der Waals surface area contributed by atoms with Gasteiger partial charge in [-0.25, -0.2) is 8.42 Å². The van der Waals surface area contributed by atoms with Crippen LogP contribution in [0, 0.1) is 11.8 Å². The third-order valence-corrected chi connectivity index (χ3v) is 4.08. The van der Waals surface area contributed by atoms with Crippen molar-refractivity contribution in [2.24, 2.45) is 0 Å². The van der Waals surface area contributed by atoms with Crippen LogP contribution in [0.1, 0.15) is 12.5 Å². The summed E-state index contributed by atoms with van der Waals surface area (Å²) in [5.74, 6) is 4.28. The van der Waals surface area contributed by atoms with Gasteiger partial charge in [0, 0.05) is 11.3 Å². The van der Waals surface area contributed by atoms with Crippen LogP contribution in [0.5, 0.6) is 0 Å². The van der Waals surface area contributed by atoms with Crippen LogP contribution in [-0.2, 0) is 19.6 Å². The smallest absolute Gasteiger partial charge is 0.325 e. The van der Waals surface area contributed by atoms with Gasteiger partial charge in [-0.3, -0.25) is 9.52 Å².